The van der Waals surface area contributed by atoms with E-state index in [2.05, 4.69) is 12.2 Å². The molecule has 1 saturated heterocycles. The number of halogens is 2. The van der Waals surface area contributed by atoms with Gasteiger partial charge in [0.05, 0.1) is 11.2 Å². The second kappa shape index (κ2) is 13.5. The van der Waals surface area contributed by atoms with Crippen LogP contribution in [0.4, 0.5) is 10.1 Å². The molecule has 1 aliphatic heterocycles. The first kappa shape index (κ1) is 31.1. The van der Waals surface area contributed by atoms with Crippen LogP contribution in [-0.4, -0.2) is 65.1 Å². The van der Waals surface area contributed by atoms with Crippen molar-refractivity contribution in [2.24, 2.45) is 0 Å². The molecule has 3 aromatic rings. The second-order valence-electron chi connectivity index (χ2n) is 10.7. The lowest BCUT2D eigenvalue weighted by Gasteiger charge is -2.36. The number of hydrogen-bond donors (Lipinski definition) is 2. The molecule has 0 atom stereocenters. The maximum absolute atomic E-state index is 15.3. The van der Waals surface area contributed by atoms with Crippen molar-refractivity contribution in [3.63, 3.8) is 0 Å². The van der Waals surface area contributed by atoms with E-state index in [0.717, 1.165) is 38.2 Å². The van der Waals surface area contributed by atoms with Crippen LogP contribution in [0.1, 0.15) is 65.8 Å². The van der Waals surface area contributed by atoms with E-state index < -0.39 is 17.2 Å². The van der Waals surface area contributed by atoms with Crippen molar-refractivity contribution in [2.75, 3.05) is 37.6 Å². The van der Waals surface area contributed by atoms with E-state index in [4.69, 9.17) is 0 Å². The fourth-order valence-electron chi connectivity index (χ4n) is 5.31. The monoisotopic (exact) mass is 643 g/mol. The van der Waals surface area contributed by atoms with Gasteiger partial charge in [-0.1, -0.05) is 19.8 Å². The van der Waals surface area contributed by atoms with Crippen molar-refractivity contribution < 1.29 is 45.4 Å². The number of aromatic carboxylic acids is 1. The predicted molar refractivity (Wildman–Crippen MR) is 151 cm³/mol. The summed E-state index contributed by atoms with van der Waals surface area (Å²) < 4.78 is 18.8. The van der Waals surface area contributed by atoms with Crippen molar-refractivity contribution >= 4 is 34.4 Å². The highest BCUT2D eigenvalue weighted by molar-refractivity contribution is 5.94. The smallest absolute Gasteiger partial charge is 0.341 e. The lowest BCUT2D eigenvalue weighted by Crippen LogP contribution is -3.00. The second-order valence-corrected chi connectivity index (χ2v) is 10.7. The summed E-state index contributed by atoms with van der Waals surface area (Å²) in [5, 5.41) is 12.4. The van der Waals surface area contributed by atoms with Crippen LogP contribution in [0.2, 0.25) is 0 Å². The molecule has 2 N–H and O–H groups in total. The summed E-state index contributed by atoms with van der Waals surface area (Å²) in [6.45, 7) is 4.39. The van der Waals surface area contributed by atoms with Crippen molar-refractivity contribution in [1.29, 1.82) is 0 Å². The molecule has 224 valence electrons. The Labute approximate surface area is 253 Å². The molecule has 1 aliphatic carbocycles. The Bertz CT molecular complexity index is 1550. The third-order valence-corrected chi connectivity index (χ3v) is 7.71. The number of benzene rings is 1. The molecule has 0 unspecified atom stereocenters. The number of aromatic nitrogens is 2. The van der Waals surface area contributed by atoms with Gasteiger partial charge in [0, 0.05) is 56.4 Å². The average Bonchev–Trinajstić information content (AvgIpc) is 3.81. The van der Waals surface area contributed by atoms with Gasteiger partial charge in [-0.2, -0.15) is 4.57 Å². The molecule has 42 heavy (non-hydrogen) atoms. The first-order valence-electron chi connectivity index (χ1n) is 14.2. The molecule has 10 nitrogen and oxygen atoms in total. The fourth-order valence-corrected chi connectivity index (χ4v) is 5.31. The van der Waals surface area contributed by atoms with E-state index in [9.17, 15) is 24.3 Å². The number of hydrogen-bond acceptors (Lipinski definition) is 5. The summed E-state index contributed by atoms with van der Waals surface area (Å²) in [5.74, 6) is -2.19. The molecule has 2 aliphatic rings. The topological polar surface area (TPSA) is 116 Å². The van der Waals surface area contributed by atoms with Gasteiger partial charge in [-0.3, -0.25) is 14.4 Å². The Hall–Kier alpha value is -3.80. The van der Waals surface area contributed by atoms with Crippen LogP contribution < -0.4 is 37.2 Å². The van der Waals surface area contributed by atoms with Crippen molar-refractivity contribution in [3.05, 3.63) is 70.0 Å². The minimum Gasteiger partial charge on any atom is -1.00 e. The number of nitrogens with zero attached hydrogens (tertiary/aromatic N) is 4. The van der Waals surface area contributed by atoms with E-state index in [0.29, 0.717) is 49.5 Å². The van der Waals surface area contributed by atoms with E-state index in [1.165, 1.54) is 6.20 Å². The number of pyridine rings is 2. The highest BCUT2D eigenvalue weighted by atomic mass is 79.9. The normalized spacial score (nSPS) is 14.9. The third kappa shape index (κ3) is 6.80. The van der Waals surface area contributed by atoms with E-state index >= 15 is 4.39 Å². The van der Waals surface area contributed by atoms with Crippen molar-refractivity contribution in [3.8, 4) is 0 Å². The molecule has 3 heterocycles. The molecule has 2 aromatic heterocycles. The largest absolute Gasteiger partial charge is 1.00 e. The molecule has 1 aromatic carbocycles. The van der Waals surface area contributed by atoms with Crippen molar-refractivity contribution in [1.82, 2.24) is 14.8 Å². The zero-order valence-electron chi connectivity index (χ0n) is 23.5. The number of anilines is 1. The highest BCUT2D eigenvalue weighted by Crippen LogP contribution is 2.38. The number of nitrogens with one attached hydrogen (secondary N) is 1. The van der Waals surface area contributed by atoms with Gasteiger partial charge in [-0.25, -0.2) is 9.18 Å². The summed E-state index contributed by atoms with van der Waals surface area (Å²) in [5.41, 5.74) is 0.252. The first-order valence-corrected chi connectivity index (χ1v) is 14.2. The van der Waals surface area contributed by atoms with Crippen LogP contribution in [0.15, 0.2) is 47.7 Å². The summed E-state index contributed by atoms with van der Waals surface area (Å²) in [4.78, 5) is 53.4. The Morgan fingerprint density at radius 1 is 1.12 bits per heavy atom. The standard InChI is InChI=1S/C30H34FN5O5.BrH/c1-2-3-4-9-32-27(37)19-33-10-5-6-20(17-33)29(39)35-13-11-34(12-14-35)26-16-25-22(15-24(26)31)28(38)23(30(40)41)18-36(25)21-7-8-21;/h5-6,10,15-18,21H,2-4,7-9,11-14,19H2,1H3,(H-,32,37,40,41);1H. The molecular weight excluding hydrogens is 609 g/mol. The first-order chi connectivity index (χ1) is 19.8. The number of carbonyl (C=O) groups excluding carboxylic acids is 2. The van der Waals surface area contributed by atoms with Gasteiger partial charge < -0.3 is 41.8 Å². The zero-order chi connectivity index (χ0) is 29.1. The number of carboxylic acid groups (broad SMARTS) is 1. The van der Waals surface area contributed by atoms with E-state index in [-0.39, 0.29) is 52.3 Å². The highest BCUT2D eigenvalue weighted by Gasteiger charge is 2.29. The Morgan fingerprint density at radius 2 is 1.86 bits per heavy atom. The average molecular weight is 645 g/mol. The fraction of sp³-hybridized carbons (Fsp3) is 0.433. The van der Waals surface area contributed by atoms with Crippen LogP contribution in [-0.2, 0) is 11.3 Å². The number of carbonyl (C=O) groups is 3. The van der Waals surface area contributed by atoms with Gasteiger partial charge in [-0.05, 0) is 37.5 Å². The summed E-state index contributed by atoms with van der Waals surface area (Å²) in [7, 11) is 0. The van der Waals surface area contributed by atoms with Gasteiger partial charge in [0.2, 0.25) is 12.0 Å². The molecule has 2 amide bonds. The Balaban J connectivity index is 0.00000405. The van der Waals surface area contributed by atoms with Gasteiger partial charge in [0.25, 0.3) is 11.8 Å². The van der Waals surface area contributed by atoms with Gasteiger partial charge in [0.15, 0.2) is 12.4 Å². The van der Waals surface area contributed by atoms with Gasteiger partial charge >= 0.3 is 5.97 Å². The predicted octanol–water partition coefficient (Wildman–Crippen LogP) is -0.266. The SMILES string of the molecule is CCCCCNC(=O)C[n+]1cccc(C(=O)N2CCN(c3cc4c(cc3F)c(=O)c(C(=O)O)cn4C3CC3)CC2)c1.[Br-]. The molecule has 0 spiro atoms. The van der Waals surface area contributed by atoms with E-state index in [1.54, 1.807) is 44.6 Å². The molecule has 0 bridgehead atoms. The Kier molecular flexibility index (Phi) is 9.97. The number of rotatable bonds is 10. The van der Waals surface area contributed by atoms with Crippen LogP contribution in [0.5, 0.6) is 0 Å². The number of piperazine rings is 1. The van der Waals surface area contributed by atoms with Crippen LogP contribution in [0.25, 0.3) is 10.9 Å². The third-order valence-electron chi connectivity index (χ3n) is 7.71. The van der Waals surface area contributed by atoms with Crippen molar-refractivity contribution in [2.45, 2.75) is 51.6 Å². The number of carboxylic acids is 1. The molecule has 5 rings (SSSR count). The minimum absolute atomic E-state index is 0. The molecule has 2 fully saturated rings. The molecule has 0 radical (unpaired) electrons. The van der Waals surface area contributed by atoms with Gasteiger partial charge in [-0.15, -0.1) is 0 Å². The zero-order valence-corrected chi connectivity index (χ0v) is 25.1. The summed E-state index contributed by atoms with van der Waals surface area (Å²) >= 11 is 0. The number of amides is 2. The van der Waals surface area contributed by atoms with E-state index in [1.807, 2.05) is 4.90 Å². The lowest BCUT2D eigenvalue weighted by molar-refractivity contribution is -0.684. The number of unbranched alkanes of at least 4 members (excludes halogenated alkanes) is 2. The maximum Gasteiger partial charge on any atom is 0.341 e. The quantitative estimate of drug-likeness (QED) is 0.232. The Morgan fingerprint density at radius 3 is 2.52 bits per heavy atom. The molecule has 1 saturated carbocycles. The summed E-state index contributed by atoms with van der Waals surface area (Å²) in [6, 6.07) is 6.31. The number of fused-ring (bicyclic) bond motifs is 1. The van der Waals surface area contributed by atoms with Gasteiger partial charge in [0.1, 0.15) is 16.9 Å². The summed E-state index contributed by atoms with van der Waals surface area (Å²) in [6.07, 6.45) is 9.61. The van der Waals surface area contributed by atoms with Crippen LogP contribution in [0, 0.1) is 5.82 Å². The lowest BCUT2D eigenvalue weighted by atomic mass is 10.1. The molecular formula is C30H35BrFN5O5. The van der Waals surface area contributed by atoms with Crippen LogP contribution in [0.3, 0.4) is 0 Å². The minimum atomic E-state index is -1.33. The molecule has 12 heteroatoms. The maximum atomic E-state index is 15.3. The van der Waals surface area contributed by atoms with Crippen LogP contribution >= 0.6 is 0 Å².